The van der Waals surface area contributed by atoms with Crippen molar-refractivity contribution in [2.75, 3.05) is 5.32 Å². The lowest BCUT2D eigenvalue weighted by molar-refractivity contribution is 1.11. The smallest absolute Gasteiger partial charge is 0.145 e. The maximum Gasteiger partial charge on any atom is 0.145 e. The minimum Gasteiger partial charge on any atom is -0.365 e. The van der Waals surface area contributed by atoms with Gasteiger partial charge >= 0.3 is 0 Å². The third kappa shape index (κ3) is 2.74. The number of anilines is 1. The molecule has 0 amide bonds. The molecule has 1 aromatic heterocycles. The van der Waals surface area contributed by atoms with Crippen molar-refractivity contribution in [3.05, 3.63) is 58.7 Å². The zero-order chi connectivity index (χ0) is 11.4. The van der Waals surface area contributed by atoms with E-state index in [0.717, 1.165) is 12.4 Å². The SMILES string of the molecule is Cc1ccc(CNc2ncccc2Cl)cc1. The van der Waals surface area contributed by atoms with E-state index >= 15 is 0 Å². The first-order valence-electron chi connectivity index (χ1n) is 5.15. The molecule has 2 rings (SSSR count). The molecule has 0 aliphatic carbocycles. The molecule has 0 spiro atoms. The highest BCUT2D eigenvalue weighted by atomic mass is 35.5. The molecule has 0 atom stereocenters. The Kier molecular flexibility index (Phi) is 3.42. The number of nitrogens with one attached hydrogen (secondary N) is 1. The Labute approximate surface area is 100 Å². The predicted molar refractivity (Wildman–Crippen MR) is 67.8 cm³/mol. The van der Waals surface area contributed by atoms with Gasteiger partial charge in [0.1, 0.15) is 5.82 Å². The first-order valence-corrected chi connectivity index (χ1v) is 5.53. The van der Waals surface area contributed by atoms with Crippen LogP contribution in [-0.4, -0.2) is 4.98 Å². The van der Waals surface area contributed by atoms with Gasteiger partial charge in [-0.1, -0.05) is 41.4 Å². The maximum atomic E-state index is 5.99. The van der Waals surface area contributed by atoms with Crippen molar-refractivity contribution >= 4 is 17.4 Å². The summed E-state index contributed by atoms with van der Waals surface area (Å²) < 4.78 is 0. The zero-order valence-corrected chi connectivity index (χ0v) is 9.83. The molecule has 1 heterocycles. The Bertz CT molecular complexity index is 466. The number of aromatic nitrogens is 1. The van der Waals surface area contributed by atoms with E-state index in [0.29, 0.717) is 5.02 Å². The maximum absolute atomic E-state index is 5.99. The van der Waals surface area contributed by atoms with Gasteiger partial charge in [-0.2, -0.15) is 0 Å². The standard InChI is InChI=1S/C13H13ClN2/c1-10-4-6-11(7-5-10)9-16-13-12(14)3-2-8-15-13/h2-8H,9H2,1H3,(H,15,16). The normalized spacial score (nSPS) is 10.1. The van der Waals surface area contributed by atoms with Crippen LogP contribution >= 0.6 is 11.6 Å². The lowest BCUT2D eigenvalue weighted by atomic mass is 10.1. The number of nitrogens with zero attached hydrogens (tertiary/aromatic N) is 1. The summed E-state index contributed by atoms with van der Waals surface area (Å²) in [5, 5.41) is 3.85. The van der Waals surface area contributed by atoms with Gasteiger partial charge in [-0.25, -0.2) is 4.98 Å². The second-order valence-electron chi connectivity index (χ2n) is 3.67. The number of hydrogen-bond donors (Lipinski definition) is 1. The summed E-state index contributed by atoms with van der Waals surface area (Å²) >= 11 is 5.99. The number of pyridine rings is 1. The topological polar surface area (TPSA) is 24.9 Å². The lowest BCUT2D eigenvalue weighted by Gasteiger charge is -2.07. The van der Waals surface area contributed by atoms with E-state index in [9.17, 15) is 0 Å². The molecule has 16 heavy (non-hydrogen) atoms. The fourth-order valence-electron chi connectivity index (χ4n) is 1.41. The molecule has 2 nitrogen and oxygen atoms in total. The van der Waals surface area contributed by atoms with Crippen LogP contribution in [0.15, 0.2) is 42.6 Å². The molecule has 0 saturated heterocycles. The summed E-state index contributed by atoms with van der Waals surface area (Å²) in [6.45, 7) is 2.81. The Morgan fingerprint density at radius 3 is 2.62 bits per heavy atom. The molecule has 2 aromatic rings. The van der Waals surface area contributed by atoms with Crippen LogP contribution in [0.4, 0.5) is 5.82 Å². The first-order chi connectivity index (χ1) is 7.75. The van der Waals surface area contributed by atoms with E-state index in [-0.39, 0.29) is 0 Å². The van der Waals surface area contributed by atoms with Crippen LogP contribution in [0, 0.1) is 6.92 Å². The van der Waals surface area contributed by atoms with Gasteiger partial charge in [-0.15, -0.1) is 0 Å². The summed E-state index contributed by atoms with van der Waals surface area (Å²) in [6, 6.07) is 12.0. The van der Waals surface area contributed by atoms with E-state index < -0.39 is 0 Å². The molecule has 0 unspecified atom stereocenters. The molecule has 3 heteroatoms. The Balaban J connectivity index is 2.02. The number of rotatable bonds is 3. The molecular weight excluding hydrogens is 220 g/mol. The van der Waals surface area contributed by atoms with E-state index in [2.05, 4.69) is 41.5 Å². The summed E-state index contributed by atoms with van der Waals surface area (Å²) in [5.41, 5.74) is 2.48. The summed E-state index contributed by atoms with van der Waals surface area (Å²) in [7, 11) is 0. The molecule has 1 N–H and O–H groups in total. The molecule has 0 aliphatic heterocycles. The third-order valence-corrected chi connectivity index (χ3v) is 2.64. The fraction of sp³-hybridized carbons (Fsp3) is 0.154. The van der Waals surface area contributed by atoms with Crippen molar-refractivity contribution in [2.45, 2.75) is 13.5 Å². The largest absolute Gasteiger partial charge is 0.365 e. The van der Waals surface area contributed by atoms with Crippen molar-refractivity contribution in [2.24, 2.45) is 0 Å². The summed E-state index contributed by atoms with van der Waals surface area (Å²) in [5.74, 6) is 0.727. The van der Waals surface area contributed by atoms with Gasteiger partial charge in [-0.3, -0.25) is 0 Å². The molecular formula is C13H13ClN2. The van der Waals surface area contributed by atoms with Gasteiger partial charge in [-0.05, 0) is 24.6 Å². The molecule has 0 saturated carbocycles. The van der Waals surface area contributed by atoms with E-state index in [1.807, 2.05) is 12.1 Å². The van der Waals surface area contributed by atoms with Gasteiger partial charge in [0.25, 0.3) is 0 Å². The molecule has 1 aromatic carbocycles. The summed E-state index contributed by atoms with van der Waals surface area (Å²) in [4.78, 5) is 4.17. The average molecular weight is 233 g/mol. The highest BCUT2D eigenvalue weighted by molar-refractivity contribution is 6.32. The monoisotopic (exact) mass is 232 g/mol. The van der Waals surface area contributed by atoms with Crippen LogP contribution in [0.25, 0.3) is 0 Å². The lowest BCUT2D eigenvalue weighted by Crippen LogP contribution is -2.01. The van der Waals surface area contributed by atoms with E-state index in [1.165, 1.54) is 11.1 Å². The van der Waals surface area contributed by atoms with Crippen molar-refractivity contribution < 1.29 is 0 Å². The van der Waals surface area contributed by atoms with Crippen molar-refractivity contribution in [1.82, 2.24) is 4.98 Å². The molecule has 0 fully saturated rings. The van der Waals surface area contributed by atoms with Crippen molar-refractivity contribution in [3.63, 3.8) is 0 Å². The second-order valence-corrected chi connectivity index (χ2v) is 4.08. The zero-order valence-electron chi connectivity index (χ0n) is 9.07. The molecule has 0 aliphatic rings. The van der Waals surface area contributed by atoms with Crippen molar-refractivity contribution in [1.29, 1.82) is 0 Å². The second kappa shape index (κ2) is 4.99. The third-order valence-electron chi connectivity index (χ3n) is 2.34. The minimum absolute atomic E-state index is 0.648. The predicted octanol–water partition coefficient (Wildman–Crippen LogP) is 3.66. The van der Waals surface area contributed by atoms with Gasteiger partial charge < -0.3 is 5.32 Å². The number of benzene rings is 1. The molecule has 0 radical (unpaired) electrons. The summed E-state index contributed by atoms with van der Waals surface area (Å²) in [6.07, 6.45) is 1.73. The average Bonchev–Trinajstić information content (AvgIpc) is 2.30. The van der Waals surface area contributed by atoms with Crippen molar-refractivity contribution in [3.8, 4) is 0 Å². The van der Waals surface area contributed by atoms with Crippen LogP contribution in [0.5, 0.6) is 0 Å². The van der Waals surface area contributed by atoms with Gasteiger partial charge in [0, 0.05) is 12.7 Å². The van der Waals surface area contributed by atoms with E-state index in [1.54, 1.807) is 6.20 Å². The quantitative estimate of drug-likeness (QED) is 0.874. The molecule has 0 bridgehead atoms. The van der Waals surface area contributed by atoms with Gasteiger partial charge in [0.15, 0.2) is 0 Å². The van der Waals surface area contributed by atoms with Crippen LogP contribution in [0.3, 0.4) is 0 Å². The number of aryl methyl sites for hydroxylation is 1. The van der Waals surface area contributed by atoms with Crippen LogP contribution in [0.1, 0.15) is 11.1 Å². The minimum atomic E-state index is 0.648. The number of halogens is 1. The fourth-order valence-corrected chi connectivity index (χ4v) is 1.60. The van der Waals surface area contributed by atoms with Crippen LogP contribution in [-0.2, 0) is 6.54 Å². The highest BCUT2D eigenvalue weighted by Crippen LogP contribution is 2.18. The molecule has 82 valence electrons. The van der Waals surface area contributed by atoms with E-state index in [4.69, 9.17) is 11.6 Å². The Morgan fingerprint density at radius 1 is 1.19 bits per heavy atom. The van der Waals surface area contributed by atoms with Gasteiger partial charge in [0.2, 0.25) is 0 Å². The number of hydrogen-bond acceptors (Lipinski definition) is 2. The highest BCUT2D eigenvalue weighted by Gasteiger charge is 1.99. The van der Waals surface area contributed by atoms with Crippen LogP contribution in [0.2, 0.25) is 5.02 Å². The van der Waals surface area contributed by atoms with Gasteiger partial charge in [0.05, 0.1) is 5.02 Å². The Hall–Kier alpha value is -1.54. The van der Waals surface area contributed by atoms with Crippen LogP contribution < -0.4 is 5.32 Å². The Morgan fingerprint density at radius 2 is 1.94 bits per heavy atom. The first kappa shape index (κ1) is 11.0.